The van der Waals surface area contributed by atoms with E-state index in [1.807, 2.05) is 39.1 Å². The lowest BCUT2D eigenvalue weighted by atomic mass is 10.2. The molecule has 1 aliphatic heterocycles. The van der Waals surface area contributed by atoms with Gasteiger partial charge in [-0.1, -0.05) is 0 Å². The Morgan fingerprint density at radius 3 is 2.52 bits per heavy atom. The van der Waals surface area contributed by atoms with Gasteiger partial charge in [-0.25, -0.2) is 18.4 Å². The number of aromatic nitrogens is 3. The average molecular weight is 390 g/mol. The van der Waals surface area contributed by atoms with E-state index in [4.69, 9.17) is 0 Å². The molecule has 1 atom stereocenters. The first-order valence-electron chi connectivity index (χ1n) is 9.31. The van der Waals surface area contributed by atoms with Gasteiger partial charge in [-0.15, -0.1) is 0 Å². The summed E-state index contributed by atoms with van der Waals surface area (Å²) in [7, 11) is -0.918. The van der Waals surface area contributed by atoms with Crippen molar-refractivity contribution in [2.45, 2.75) is 32.7 Å². The molecular weight excluding hydrogens is 362 g/mol. The number of likely N-dealkylation sites (N-methyl/N-ethyl adjacent to an activating group) is 1. The molecule has 0 bridgehead atoms. The van der Waals surface area contributed by atoms with Crippen molar-refractivity contribution in [2.75, 3.05) is 41.4 Å². The molecule has 146 valence electrons. The summed E-state index contributed by atoms with van der Waals surface area (Å²) in [6.45, 7) is 5.46. The van der Waals surface area contributed by atoms with Gasteiger partial charge in [-0.2, -0.15) is 0 Å². The zero-order valence-corrected chi connectivity index (χ0v) is 17.0. The van der Waals surface area contributed by atoms with E-state index in [-0.39, 0.29) is 17.5 Å². The number of sulfone groups is 1. The van der Waals surface area contributed by atoms with Crippen LogP contribution in [0.2, 0.25) is 0 Å². The summed E-state index contributed by atoms with van der Waals surface area (Å²) in [6, 6.07) is 5.99. The highest BCUT2D eigenvalue weighted by Crippen LogP contribution is 2.25. The molecule has 1 saturated heterocycles. The first-order chi connectivity index (χ1) is 12.9. The predicted octanol–water partition coefficient (Wildman–Crippen LogP) is 1.87. The monoisotopic (exact) mass is 389 g/mol. The quantitative estimate of drug-likeness (QED) is 0.715. The largest absolute Gasteiger partial charge is 0.359 e. The Morgan fingerprint density at radius 1 is 1.19 bits per heavy atom. The molecule has 0 N–H and O–H groups in total. The Bertz CT molecular complexity index is 873. The standard InChI is InChI=1S/C19H27N5O2S/c1-4-24(17-8-12-27(25,26)14-17)19-13-18(21-15(2)22-19)23(3)11-7-16-5-9-20-10-6-16/h5-6,9-10,13,17H,4,7-8,11-12,14H2,1-3H3. The summed E-state index contributed by atoms with van der Waals surface area (Å²) in [6.07, 6.45) is 5.16. The predicted molar refractivity (Wildman–Crippen MR) is 108 cm³/mol. The Kier molecular flexibility index (Phi) is 5.94. The molecule has 0 spiro atoms. The van der Waals surface area contributed by atoms with Crippen LogP contribution < -0.4 is 9.80 Å². The van der Waals surface area contributed by atoms with Gasteiger partial charge in [0.15, 0.2) is 9.84 Å². The molecule has 1 fully saturated rings. The van der Waals surface area contributed by atoms with Gasteiger partial charge in [0.25, 0.3) is 0 Å². The van der Waals surface area contributed by atoms with E-state index in [0.29, 0.717) is 12.2 Å². The van der Waals surface area contributed by atoms with Crippen molar-refractivity contribution in [3.63, 3.8) is 0 Å². The normalized spacial score (nSPS) is 18.4. The van der Waals surface area contributed by atoms with Crippen LogP contribution in [-0.2, 0) is 16.3 Å². The van der Waals surface area contributed by atoms with Gasteiger partial charge in [0, 0.05) is 44.6 Å². The van der Waals surface area contributed by atoms with Crippen LogP contribution in [0.25, 0.3) is 0 Å². The highest BCUT2D eigenvalue weighted by molar-refractivity contribution is 7.91. The van der Waals surface area contributed by atoms with Crippen molar-refractivity contribution in [1.82, 2.24) is 15.0 Å². The van der Waals surface area contributed by atoms with Crippen LogP contribution in [0.15, 0.2) is 30.6 Å². The van der Waals surface area contributed by atoms with E-state index in [1.165, 1.54) is 5.56 Å². The van der Waals surface area contributed by atoms with Gasteiger partial charge in [-0.3, -0.25) is 4.98 Å². The second kappa shape index (κ2) is 8.21. The maximum Gasteiger partial charge on any atom is 0.152 e. The SMILES string of the molecule is CCN(c1cc(N(C)CCc2ccncc2)nc(C)n1)C1CCS(=O)(=O)C1. The molecular formula is C19H27N5O2S. The summed E-state index contributed by atoms with van der Waals surface area (Å²) in [4.78, 5) is 17.4. The van der Waals surface area contributed by atoms with Gasteiger partial charge in [-0.05, 0) is 44.4 Å². The average Bonchev–Trinajstić information content (AvgIpc) is 3.00. The molecule has 27 heavy (non-hydrogen) atoms. The smallest absolute Gasteiger partial charge is 0.152 e. The number of hydrogen-bond donors (Lipinski definition) is 0. The first kappa shape index (κ1) is 19.5. The maximum atomic E-state index is 11.9. The number of nitrogens with zero attached hydrogens (tertiary/aromatic N) is 5. The molecule has 3 rings (SSSR count). The number of hydrogen-bond acceptors (Lipinski definition) is 7. The molecule has 7 nitrogen and oxygen atoms in total. The highest BCUT2D eigenvalue weighted by Gasteiger charge is 2.32. The van der Waals surface area contributed by atoms with Gasteiger partial charge >= 0.3 is 0 Å². The van der Waals surface area contributed by atoms with E-state index in [2.05, 4.69) is 24.8 Å². The lowest BCUT2D eigenvalue weighted by Gasteiger charge is -2.29. The molecule has 0 saturated carbocycles. The molecule has 0 aromatic carbocycles. The fourth-order valence-electron chi connectivity index (χ4n) is 3.47. The molecule has 1 unspecified atom stereocenters. The van der Waals surface area contributed by atoms with Gasteiger partial charge < -0.3 is 9.80 Å². The highest BCUT2D eigenvalue weighted by atomic mass is 32.2. The Balaban J connectivity index is 1.76. The summed E-state index contributed by atoms with van der Waals surface area (Å²) in [5.74, 6) is 2.81. The molecule has 1 aliphatic rings. The summed E-state index contributed by atoms with van der Waals surface area (Å²) in [5, 5.41) is 0. The zero-order chi connectivity index (χ0) is 19.4. The van der Waals surface area contributed by atoms with Gasteiger partial charge in [0.1, 0.15) is 17.5 Å². The maximum absolute atomic E-state index is 11.9. The van der Waals surface area contributed by atoms with E-state index < -0.39 is 9.84 Å². The second-order valence-corrected chi connectivity index (χ2v) is 9.23. The summed E-state index contributed by atoms with van der Waals surface area (Å²) in [5.41, 5.74) is 1.23. The van der Waals surface area contributed by atoms with Crippen LogP contribution in [0.5, 0.6) is 0 Å². The Labute approximate surface area is 161 Å². The van der Waals surface area contributed by atoms with Crippen molar-refractivity contribution >= 4 is 21.5 Å². The lowest BCUT2D eigenvalue weighted by Crippen LogP contribution is -2.37. The molecule has 8 heteroatoms. The van der Waals surface area contributed by atoms with Crippen LogP contribution in [0.3, 0.4) is 0 Å². The van der Waals surface area contributed by atoms with Gasteiger partial charge in [0.2, 0.25) is 0 Å². The topological polar surface area (TPSA) is 79.3 Å². The van der Waals surface area contributed by atoms with E-state index in [9.17, 15) is 8.42 Å². The molecule has 0 radical (unpaired) electrons. The minimum atomic E-state index is -2.93. The third kappa shape index (κ3) is 4.94. The number of rotatable bonds is 7. The van der Waals surface area contributed by atoms with Crippen LogP contribution >= 0.6 is 0 Å². The fraction of sp³-hybridized carbons (Fsp3) is 0.526. The first-order valence-corrected chi connectivity index (χ1v) is 11.1. The van der Waals surface area contributed by atoms with Crippen LogP contribution in [0, 0.1) is 6.92 Å². The van der Waals surface area contributed by atoms with Crippen molar-refractivity contribution in [3.8, 4) is 0 Å². The second-order valence-electron chi connectivity index (χ2n) is 7.00. The number of pyridine rings is 1. The van der Waals surface area contributed by atoms with Crippen LogP contribution in [0.4, 0.5) is 11.6 Å². The van der Waals surface area contributed by atoms with Gasteiger partial charge in [0.05, 0.1) is 11.5 Å². The summed E-state index contributed by atoms with van der Waals surface area (Å²) < 4.78 is 23.8. The zero-order valence-electron chi connectivity index (χ0n) is 16.2. The third-order valence-electron chi connectivity index (χ3n) is 4.97. The molecule has 3 heterocycles. The third-order valence-corrected chi connectivity index (χ3v) is 6.72. The number of aryl methyl sites for hydroxylation is 1. The fourth-order valence-corrected chi connectivity index (χ4v) is 5.20. The molecule has 0 amide bonds. The number of anilines is 2. The van der Waals surface area contributed by atoms with E-state index in [0.717, 1.165) is 31.1 Å². The lowest BCUT2D eigenvalue weighted by molar-refractivity contribution is 0.599. The van der Waals surface area contributed by atoms with Crippen LogP contribution in [0.1, 0.15) is 24.7 Å². The molecule has 2 aromatic rings. The Morgan fingerprint density at radius 2 is 1.89 bits per heavy atom. The molecule has 2 aromatic heterocycles. The van der Waals surface area contributed by atoms with Crippen LogP contribution in [-0.4, -0.2) is 61.1 Å². The van der Waals surface area contributed by atoms with Crippen molar-refractivity contribution < 1.29 is 8.42 Å². The molecule has 0 aliphatic carbocycles. The Hall–Kier alpha value is -2.22. The minimum absolute atomic E-state index is 0.00993. The minimum Gasteiger partial charge on any atom is -0.359 e. The van der Waals surface area contributed by atoms with Crippen molar-refractivity contribution in [2.24, 2.45) is 0 Å². The summed E-state index contributed by atoms with van der Waals surface area (Å²) >= 11 is 0. The van der Waals surface area contributed by atoms with E-state index >= 15 is 0 Å². The van der Waals surface area contributed by atoms with Crippen molar-refractivity contribution in [3.05, 3.63) is 42.0 Å². The van der Waals surface area contributed by atoms with E-state index in [1.54, 1.807) is 12.4 Å². The van der Waals surface area contributed by atoms with Crippen molar-refractivity contribution in [1.29, 1.82) is 0 Å².